The summed E-state index contributed by atoms with van der Waals surface area (Å²) in [6.45, 7) is 2.82. The second kappa shape index (κ2) is 12.0. The van der Waals surface area contributed by atoms with Gasteiger partial charge in [-0.1, -0.05) is 62.2 Å². The fourth-order valence-electron chi connectivity index (χ4n) is 2.60. The van der Waals surface area contributed by atoms with Crippen LogP contribution in [0.2, 0.25) is 0 Å². The maximum atomic E-state index is 11.7. The van der Waals surface area contributed by atoms with Crippen molar-refractivity contribution in [2.75, 3.05) is 13.2 Å². The monoisotopic (exact) mass is 387 g/mol. The Morgan fingerprint density at radius 1 is 1.04 bits per heavy atom. The van der Waals surface area contributed by atoms with Gasteiger partial charge in [0.2, 0.25) is 0 Å². The Bertz CT molecular complexity index is 690. The number of ether oxygens (including phenoxy) is 2. The van der Waals surface area contributed by atoms with Gasteiger partial charge in [0.1, 0.15) is 24.6 Å². The van der Waals surface area contributed by atoms with Crippen molar-refractivity contribution in [1.82, 2.24) is 5.32 Å². The molecule has 3 N–H and O–H groups in total. The van der Waals surface area contributed by atoms with Crippen LogP contribution in [0.4, 0.5) is 4.79 Å². The number of benzene rings is 2. The molecule has 0 bridgehead atoms. The van der Waals surface area contributed by atoms with Crippen LogP contribution in [0.3, 0.4) is 0 Å². The predicted octanol–water partition coefficient (Wildman–Crippen LogP) is 3.58. The Kier molecular flexibility index (Phi) is 9.31. The van der Waals surface area contributed by atoms with E-state index < -0.39 is 18.3 Å². The molecule has 0 aliphatic carbocycles. The maximum absolute atomic E-state index is 11.7. The van der Waals surface area contributed by atoms with Gasteiger partial charge in [-0.05, 0) is 29.7 Å². The minimum absolute atomic E-state index is 0.121. The van der Waals surface area contributed by atoms with Gasteiger partial charge in [-0.15, -0.1) is 0 Å². The van der Waals surface area contributed by atoms with E-state index in [0.29, 0.717) is 12.2 Å². The molecule has 2 atom stereocenters. The van der Waals surface area contributed by atoms with E-state index in [2.05, 4.69) is 12.2 Å². The molecule has 0 aliphatic rings. The first-order valence-electron chi connectivity index (χ1n) is 9.63. The van der Waals surface area contributed by atoms with Gasteiger partial charge in [-0.3, -0.25) is 0 Å². The molecule has 6 nitrogen and oxygen atoms in total. The molecule has 2 aromatic carbocycles. The smallest absolute Gasteiger partial charge is 0.407 e. The molecule has 0 fully saturated rings. The Hall–Kier alpha value is -2.57. The molecule has 0 heterocycles. The molecule has 0 radical (unpaired) electrons. The molecule has 1 amide bonds. The number of unbranched alkanes of at least 4 members (excludes halogenated alkanes) is 2. The highest BCUT2D eigenvalue weighted by Crippen LogP contribution is 2.20. The normalized spacial score (nSPS) is 12.8. The zero-order chi connectivity index (χ0) is 20.2. The van der Waals surface area contributed by atoms with E-state index in [9.17, 15) is 15.0 Å². The molecule has 0 aromatic heterocycles. The van der Waals surface area contributed by atoms with Crippen LogP contribution in [-0.2, 0) is 11.3 Å². The van der Waals surface area contributed by atoms with Gasteiger partial charge in [-0.2, -0.15) is 0 Å². The topological polar surface area (TPSA) is 88.0 Å². The molecular formula is C22H29NO5. The number of hydrogen-bond donors (Lipinski definition) is 3. The minimum Gasteiger partial charge on any atom is -0.494 e. The lowest BCUT2D eigenvalue weighted by atomic mass is 10.0. The van der Waals surface area contributed by atoms with Gasteiger partial charge in [0.25, 0.3) is 0 Å². The molecule has 0 saturated heterocycles. The molecule has 2 rings (SSSR count). The third-order valence-electron chi connectivity index (χ3n) is 4.27. The first kappa shape index (κ1) is 21.7. The summed E-state index contributed by atoms with van der Waals surface area (Å²) in [7, 11) is 0. The highest BCUT2D eigenvalue weighted by Gasteiger charge is 2.19. The van der Waals surface area contributed by atoms with Crippen LogP contribution >= 0.6 is 0 Å². The van der Waals surface area contributed by atoms with Crippen LogP contribution < -0.4 is 10.1 Å². The molecule has 6 heteroatoms. The van der Waals surface area contributed by atoms with Gasteiger partial charge in [0.05, 0.1) is 6.61 Å². The van der Waals surface area contributed by atoms with Gasteiger partial charge in [-0.25, -0.2) is 4.79 Å². The van der Waals surface area contributed by atoms with E-state index in [0.717, 1.165) is 30.6 Å². The van der Waals surface area contributed by atoms with E-state index >= 15 is 0 Å². The van der Waals surface area contributed by atoms with Crippen LogP contribution in [0.25, 0.3) is 0 Å². The fraction of sp³-hybridized carbons (Fsp3) is 0.409. The second-order valence-corrected chi connectivity index (χ2v) is 6.58. The summed E-state index contributed by atoms with van der Waals surface area (Å²) in [5.41, 5.74) is 1.42. The Balaban J connectivity index is 1.72. The number of carbonyl (C=O) groups excluding carboxylic acids is 1. The van der Waals surface area contributed by atoms with Crippen molar-refractivity contribution in [2.24, 2.45) is 0 Å². The summed E-state index contributed by atoms with van der Waals surface area (Å²) in [5, 5.41) is 22.8. The first-order chi connectivity index (χ1) is 13.6. The van der Waals surface area contributed by atoms with E-state index in [1.807, 2.05) is 30.3 Å². The molecule has 152 valence electrons. The molecule has 2 unspecified atom stereocenters. The van der Waals surface area contributed by atoms with Crippen LogP contribution in [0, 0.1) is 0 Å². The molecule has 0 spiro atoms. The van der Waals surface area contributed by atoms with E-state index in [4.69, 9.17) is 9.47 Å². The van der Waals surface area contributed by atoms with Crippen molar-refractivity contribution >= 4 is 6.09 Å². The SMILES string of the molecule is CCCCCOc1ccc(C(O)C(O)CNC(=O)OCc2ccccc2)cc1. The average Bonchev–Trinajstić information content (AvgIpc) is 2.74. The average molecular weight is 387 g/mol. The summed E-state index contributed by atoms with van der Waals surface area (Å²) >= 11 is 0. The lowest BCUT2D eigenvalue weighted by molar-refractivity contribution is 0.0184. The first-order valence-corrected chi connectivity index (χ1v) is 9.63. The molecule has 28 heavy (non-hydrogen) atoms. The van der Waals surface area contributed by atoms with Crippen LogP contribution in [0.1, 0.15) is 43.4 Å². The van der Waals surface area contributed by atoms with Crippen LogP contribution in [0.5, 0.6) is 5.75 Å². The summed E-state index contributed by atoms with van der Waals surface area (Å²) in [5.74, 6) is 0.726. The third-order valence-corrected chi connectivity index (χ3v) is 4.27. The molecule has 0 aliphatic heterocycles. The van der Waals surface area contributed by atoms with Crippen molar-refractivity contribution in [1.29, 1.82) is 0 Å². The van der Waals surface area contributed by atoms with Gasteiger partial charge < -0.3 is 25.0 Å². The Labute approximate surface area is 166 Å². The highest BCUT2D eigenvalue weighted by atomic mass is 16.5. The second-order valence-electron chi connectivity index (χ2n) is 6.58. The highest BCUT2D eigenvalue weighted by molar-refractivity contribution is 5.67. The van der Waals surface area contributed by atoms with E-state index in [1.54, 1.807) is 24.3 Å². The number of nitrogens with one attached hydrogen (secondary N) is 1. The predicted molar refractivity (Wildman–Crippen MR) is 107 cm³/mol. The number of amides is 1. The third kappa shape index (κ3) is 7.58. The number of aliphatic hydroxyl groups is 2. The number of hydrogen-bond acceptors (Lipinski definition) is 5. The summed E-state index contributed by atoms with van der Waals surface area (Å²) in [4.78, 5) is 11.7. The number of carbonyl (C=O) groups is 1. The number of alkyl carbamates (subject to hydrolysis) is 1. The van der Waals surface area contributed by atoms with Crippen molar-refractivity contribution in [2.45, 2.75) is 45.0 Å². The summed E-state index contributed by atoms with van der Waals surface area (Å²) in [6.07, 6.45) is 0.352. The molecular weight excluding hydrogens is 358 g/mol. The largest absolute Gasteiger partial charge is 0.494 e. The zero-order valence-electron chi connectivity index (χ0n) is 16.2. The van der Waals surface area contributed by atoms with E-state index in [-0.39, 0.29) is 13.2 Å². The van der Waals surface area contributed by atoms with Crippen molar-refractivity contribution in [3.63, 3.8) is 0 Å². The zero-order valence-corrected chi connectivity index (χ0v) is 16.2. The standard InChI is InChI=1S/C22H29NO5/c1-2-3-7-14-27-19-12-10-18(11-13-19)21(25)20(24)15-23-22(26)28-16-17-8-5-4-6-9-17/h4-6,8-13,20-21,24-25H,2-3,7,14-16H2,1H3,(H,23,26). The Morgan fingerprint density at radius 2 is 1.75 bits per heavy atom. The van der Waals surface area contributed by atoms with Gasteiger partial charge >= 0.3 is 6.09 Å². The van der Waals surface area contributed by atoms with Gasteiger partial charge in [0.15, 0.2) is 0 Å². The lowest BCUT2D eigenvalue weighted by Crippen LogP contribution is -2.35. The van der Waals surface area contributed by atoms with Crippen LogP contribution in [-0.4, -0.2) is 35.6 Å². The Morgan fingerprint density at radius 3 is 2.43 bits per heavy atom. The van der Waals surface area contributed by atoms with Crippen LogP contribution in [0.15, 0.2) is 54.6 Å². The summed E-state index contributed by atoms with van der Waals surface area (Å²) in [6, 6.07) is 16.2. The minimum atomic E-state index is -1.15. The van der Waals surface area contributed by atoms with Gasteiger partial charge in [0, 0.05) is 6.54 Å². The maximum Gasteiger partial charge on any atom is 0.407 e. The molecule has 0 saturated carbocycles. The summed E-state index contributed by atoms with van der Waals surface area (Å²) < 4.78 is 10.7. The van der Waals surface area contributed by atoms with E-state index in [1.165, 1.54) is 0 Å². The lowest BCUT2D eigenvalue weighted by Gasteiger charge is -2.19. The fourth-order valence-corrected chi connectivity index (χ4v) is 2.60. The number of aliphatic hydroxyl groups excluding tert-OH is 2. The van der Waals surface area contributed by atoms with Crippen molar-refractivity contribution < 1.29 is 24.5 Å². The number of rotatable bonds is 11. The quantitative estimate of drug-likeness (QED) is 0.513. The van der Waals surface area contributed by atoms with Crippen molar-refractivity contribution in [3.8, 4) is 5.75 Å². The van der Waals surface area contributed by atoms with Crippen molar-refractivity contribution in [3.05, 3.63) is 65.7 Å². The molecule has 2 aromatic rings.